The third-order valence-electron chi connectivity index (χ3n) is 4.13. The van der Waals surface area contributed by atoms with Crippen LogP contribution in [0.3, 0.4) is 0 Å². The maximum Gasteiger partial charge on any atom is 0.220 e. The largest absolute Gasteiger partial charge is 0.497 e. The van der Waals surface area contributed by atoms with Crippen LogP contribution >= 0.6 is 0 Å². The Hall–Kier alpha value is -1.55. The zero-order chi connectivity index (χ0) is 13.2. The molecule has 1 fully saturated rings. The molecule has 1 aliphatic heterocycles. The SMILES string of the molecule is COc1ccc2c(c1)C(NCC1CCC(=O)N1)CC2. The summed E-state index contributed by atoms with van der Waals surface area (Å²) in [4.78, 5) is 11.2. The molecular weight excluding hydrogens is 240 g/mol. The Bertz CT molecular complexity index is 487. The molecule has 2 atom stereocenters. The number of benzene rings is 1. The minimum absolute atomic E-state index is 0.181. The molecule has 19 heavy (non-hydrogen) atoms. The van der Waals surface area contributed by atoms with Crippen LogP contribution in [0.2, 0.25) is 0 Å². The van der Waals surface area contributed by atoms with Crippen LogP contribution in [-0.2, 0) is 11.2 Å². The highest BCUT2D eigenvalue weighted by Crippen LogP contribution is 2.33. The Kier molecular flexibility index (Phi) is 3.42. The Labute approximate surface area is 113 Å². The van der Waals surface area contributed by atoms with Gasteiger partial charge in [-0.2, -0.15) is 0 Å². The Morgan fingerprint density at radius 1 is 1.37 bits per heavy atom. The molecule has 2 aliphatic rings. The van der Waals surface area contributed by atoms with Crippen molar-refractivity contribution in [1.82, 2.24) is 10.6 Å². The fourth-order valence-corrected chi connectivity index (χ4v) is 3.03. The average Bonchev–Trinajstić information content (AvgIpc) is 3.02. The summed E-state index contributed by atoms with van der Waals surface area (Å²) in [5.41, 5.74) is 2.76. The summed E-state index contributed by atoms with van der Waals surface area (Å²) in [5.74, 6) is 1.10. The summed E-state index contributed by atoms with van der Waals surface area (Å²) in [7, 11) is 1.70. The van der Waals surface area contributed by atoms with Crippen molar-refractivity contribution in [3.05, 3.63) is 29.3 Å². The fraction of sp³-hybridized carbons (Fsp3) is 0.533. The predicted octanol–water partition coefficient (Wildman–Crippen LogP) is 1.55. The van der Waals surface area contributed by atoms with Gasteiger partial charge in [0.1, 0.15) is 5.75 Å². The van der Waals surface area contributed by atoms with Crippen molar-refractivity contribution in [3.8, 4) is 5.75 Å². The number of amides is 1. The van der Waals surface area contributed by atoms with E-state index in [2.05, 4.69) is 22.8 Å². The lowest BCUT2D eigenvalue weighted by atomic mass is 10.1. The minimum Gasteiger partial charge on any atom is -0.497 e. The molecule has 0 saturated carbocycles. The highest BCUT2D eigenvalue weighted by molar-refractivity contribution is 5.78. The van der Waals surface area contributed by atoms with Gasteiger partial charge in [-0.3, -0.25) is 4.79 Å². The molecule has 4 heteroatoms. The molecule has 4 nitrogen and oxygen atoms in total. The summed E-state index contributed by atoms with van der Waals surface area (Å²) in [5, 5.41) is 6.58. The number of carbonyl (C=O) groups excluding carboxylic acids is 1. The molecule has 0 aromatic heterocycles. The maximum absolute atomic E-state index is 11.2. The predicted molar refractivity (Wildman–Crippen MR) is 73.2 cm³/mol. The number of ether oxygens (including phenoxy) is 1. The van der Waals surface area contributed by atoms with E-state index in [0.717, 1.165) is 31.6 Å². The van der Waals surface area contributed by atoms with Gasteiger partial charge < -0.3 is 15.4 Å². The Balaban J connectivity index is 1.63. The molecule has 2 N–H and O–H groups in total. The van der Waals surface area contributed by atoms with Crippen molar-refractivity contribution in [3.63, 3.8) is 0 Å². The Morgan fingerprint density at radius 2 is 2.26 bits per heavy atom. The van der Waals surface area contributed by atoms with E-state index in [0.29, 0.717) is 18.5 Å². The van der Waals surface area contributed by atoms with Gasteiger partial charge in [0.25, 0.3) is 0 Å². The van der Waals surface area contributed by atoms with Gasteiger partial charge in [-0.25, -0.2) is 0 Å². The second kappa shape index (κ2) is 5.21. The molecule has 102 valence electrons. The fourth-order valence-electron chi connectivity index (χ4n) is 3.03. The van der Waals surface area contributed by atoms with E-state index in [4.69, 9.17) is 4.74 Å². The quantitative estimate of drug-likeness (QED) is 0.863. The van der Waals surface area contributed by atoms with Crippen LogP contribution in [0.1, 0.15) is 36.4 Å². The number of hydrogen-bond donors (Lipinski definition) is 2. The lowest BCUT2D eigenvalue weighted by Gasteiger charge is -2.18. The third-order valence-corrected chi connectivity index (χ3v) is 4.13. The monoisotopic (exact) mass is 260 g/mol. The standard InChI is InChI=1S/C15H20N2O2/c1-19-12-5-2-10-3-6-14(13(10)8-12)16-9-11-4-7-15(18)17-11/h2,5,8,11,14,16H,3-4,6-7,9H2,1H3,(H,17,18). The van der Waals surface area contributed by atoms with Crippen LogP contribution < -0.4 is 15.4 Å². The molecule has 1 amide bonds. The van der Waals surface area contributed by atoms with Crippen molar-refractivity contribution in [2.45, 2.75) is 37.8 Å². The maximum atomic E-state index is 11.2. The van der Waals surface area contributed by atoms with Crippen LogP contribution in [0, 0.1) is 0 Å². The number of nitrogens with one attached hydrogen (secondary N) is 2. The normalized spacial score (nSPS) is 25.2. The zero-order valence-electron chi connectivity index (χ0n) is 11.2. The molecule has 1 aromatic carbocycles. The zero-order valence-corrected chi connectivity index (χ0v) is 11.2. The van der Waals surface area contributed by atoms with Crippen molar-refractivity contribution in [2.75, 3.05) is 13.7 Å². The van der Waals surface area contributed by atoms with E-state index in [1.54, 1.807) is 7.11 Å². The average molecular weight is 260 g/mol. The number of hydrogen-bond acceptors (Lipinski definition) is 3. The molecule has 1 saturated heterocycles. The van der Waals surface area contributed by atoms with Gasteiger partial charge in [0.2, 0.25) is 5.91 Å². The molecule has 3 rings (SSSR count). The summed E-state index contributed by atoms with van der Waals surface area (Å²) in [6.45, 7) is 0.854. The van der Waals surface area contributed by atoms with Crippen LogP contribution in [0.15, 0.2) is 18.2 Å². The molecule has 2 unspecified atom stereocenters. The second-order valence-corrected chi connectivity index (χ2v) is 5.37. The first-order valence-corrected chi connectivity index (χ1v) is 6.96. The number of rotatable bonds is 4. The summed E-state index contributed by atoms with van der Waals surface area (Å²) >= 11 is 0. The van der Waals surface area contributed by atoms with E-state index in [1.165, 1.54) is 11.1 Å². The van der Waals surface area contributed by atoms with Crippen LogP contribution in [-0.4, -0.2) is 25.6 Å². The molecule has 0 spiro atoms. The van der Waals surface area contributed by atoms with E-state index in [-0.39, 0.29) is 5.91 Å². The Morgan fingerprint density at radius 3 is 3.00 bits per heavy atom. The topological polar surface area (TPSA) is 50.4 Å². The number of methoxy groups -OCH3 is 1. The van der Waals surface area contributed by atoms with Crippen molar-refractivity contribution in [2.24, 2.45) is 0 Å². The molecule has 0 radical (unpaired) electrons. The first-order chi connectivity index (χ1) is 9.26. The number of aryl methyl sites for hydroxylation is 1. The van der Waals surface area contributed by atoms with E-state index >= 15 is 0 Å². The highest BCUT2D eigenvalue weighted by atomic mass is 16.5. The number of carbonyl (C=O) groups is 1. The molecule has 1 aliphatic carbocycles. The molecule has 1 heterocycles. The van der Waals surface area contributed by atoms with E-state index in [1.807, 2.05) is 6.07 Å². The van der Waals surface area contributed by atoms with Gasteiger partial charge in [-0.1, -0.05) is 6.07 Å². The lowest BCUT2D eigenvalue weighted by Crippen LogP contribution is -2.36. The van der Waals surface area contributed by atoms with Crippen molar-refractivity contribution >= 4 is 5.91 Å². The highest BCUT2D eigenvalue weighted by Gasteiger charge is 2.25. The first kappa shape index (κ1) is 12.5. The van der Waals surface area contributed by atoms with Gasteiger partial charge in [0.05, 0.1) is 7.11 Å². The lowest BCUT2D eigenvalue weighted by molar-refractivity contribution is -0.119. The third kappa shape index (κ3) is 2.59. The van der Waals surface area contributed by atoms with Gasteiger partial charge in [-0.05, 0) is 42.5 Å². The van der Waals surface area contributed by atoms with Crippen molar-refractivity contribution in [1.29, 1.82) is 0 Å². The van der Waals surface area contributed by atoms with Gasteiger partial charge in [0, 0.05) is 25.0 Å². The second-order valence-electron chi connectivity index (χ2n) is 5.37. The molecule has 0 bridgehead atoms. The minimum atomic E-state index is 0.181. The summed E-state index contributed by atoms with van der Waals surface area (Å²) in [6, 6.07) is 7.00. The van der Waals surface area contributed by atoms with Gasteiger partial charge in [0.15, 0.2) is 0 Å². The smallest absolute Gasteiger partial charge is 0.220 e. The number of fused-ring (bicyclic) bond motifs is 1. The van der Waals surface area contributed by atoms with Gasteiger partial charge >= 0.3 is 0 Å². The van der Waals surface area contributed by atoms with Crippen LogP contribution in [0.4, 0.5) is 0 Å². The van der Waals surface area contributed by atoms with Gasteiger partial charge in [-0.15, -0.1) is 0 Å². The van der Waals surface area contributed by atoms with Crippen molar-refractivity contribution < 1.29 is 9.53 Å². The van der Waals surface area contributed by atoms with E-state index < -0.39 is 0 Å². The van der Waals surface area contributed by atoms with Crippen LogP contribution in [0.25, 0.3) is 0 Å². The summed E-state index contributed by atoms with van der Waals surface area (Å²) in [6.07, 6.45) is 3.86. The molecular formula is C15H20N2O2. The van der Waals surface area contributed by atoms with Crippen LogP contribution in [0.5, 0.6) is 5.75 Å². The first-order valence-electron chi connectivity index (χ1n) is 6.96. The molecule has 1 aromatic rings. The summed E-state index contributed by atoms with van der Waals surface area (Å²) < 4.78 is 5.30. The van der Waals surface area contributed by atoms with E-state index in [9.17, 15) is 4.79 Å².